The molecule has 0 fully saturated rings. The Morgan fingerprint density at radius 1 is 0.301 bits per heavy atom. The molecule has 103 heavy (non-hydrogen) atoms. The lowest BCUT2D eigenvalue weighted by Gasteiger charge is -2.21. The zero-order valence-corrected chi connectivity index (χ0v) is 68.9. The highest BCUT2D eigenvalue weighted by Crippen LogP contribution is 2.45. The Bertz CT molecular complexity index is 2070. The average Bonchev–Trinajstić information content (AvgIpc) is 0.917. The lowest BCUT2D eigenvalue weighted by Crippen LogP contribution is -2.30. The van der Waals surface area contributed by atoms with Gasteiger partial charge in [-0.3, -0.25) is 37.3 Å². The molecule has 0 aliphatic carbocycles. The molecule has 0 radical (unpaired) electrons. The molecule has 0 aromatic heterocycles. The van der Waals surface area contributed by atoms with Gasteiger partial charge in [-0.1, -0.05) is 368 Å². The normalized spacial score (nSPS) is 14.0. The number of esters is 4. The number of hydrogen-bond acceptors (Lipinski definition) is 15. The van der Waals surface area contributed by atoms with Gasteiger partial charge in [0.05, 0.1) is 26.4 Å². The maximum Gasteiger partial charge on any atom is 0.472 e. The zero-order valence-electron chi connectivity index (χ0n) is 67.1. The highest BCUT2D eigenvalue weighted by atomic mass is 31.2. The summed E-state index contributed by atoms with van der Waals surface area (Å²) in [6.07, 6.45) is 68.7. The molecule has 2 unspecified atom stereocenters. The van der Waals surface area contributed by atoms with Crippen molar-refractivity contribution >= 4 is 39.5 Å². The zero-order chi connectivity index (χ0) is 75.6. The summed E-state index contributed by atoms with van der Waals surface area (Å²) in [6, 6.07) is 0. The molecule has 0 saturated heterocycles. The molecule has 0 rings (SSSR count). The van der Waals surface area contributed by atoms with Gasteiger partial charge >= 0.3 is 39.5 Å². The summed E-state index contributed by atoms with van der Waals surface area (Å²) in [5.74, 6) is -0.540. The molecule has 0 spiro atoms. The van der Waals surface area contributed by atoms with Gasteiger partial charge < -0.3 is 33.8 Å². The molecule has 0 aromatic carbocycles. The molecule has 17 nitrogen and oxygen atoms in total. The van der Waals surface area contributed by atoms with Gasteiger partial charge in [-0.15, -0.1) is 0 Å². The van der Waals surface area contributed by atoms with E-state index in [0.717, 1.165) is 121 Å². The van der Waals surface area contributed by atoms with Gasteiger partial charge in [0.2, 0.25) is 0 Å². The van der Waals surface area contributed by atoms with Gasteiger partial charge in [-0.05, 0) is 63.2 Å². The minimum Gasteiger partial charge on any atom is -0.462 e. The second-order valence-corrected chi connectivity index (χ2v) is 33.4. The maximum absolute atomic E-state index is 13.1. The molecular weight excluding hydrogens is 1340 g/mol. The largest absolute Gasteiger partial charge is 0.472 e. The van der Waals surface area contributed by atoms with Crippen molar-refractivity contribution in [3.8, 4) is 0 Å². The second-order valence-electron chi connectivity index (χ2n) is 30.5. The molecule has 3 N–H and O–H groups in total. The van der Waals surface area contributed by atoms with Gasteiger partial charge in [0.1, 0.15) is 19.3 Å². The van der Waals surface area contributed by atoms with Crippen molar-refractivity contribution in [3.63, 3.8) is 0 Å². The minimum atomic E-state index is -4.97. The second kappa shape index (κ2) is 75.0. The van der Waals surface area contributed by atoms with E-state index in [1.807, 2.05) is 0 Å². The number of unbranched alkanes of at least 4 members (excludes halogenated alkanes) is 48. The summed E-state index contributed by atoms with van der Waals surface area (Å²) in [4.78, 5) is 73.1. The summed E-state index contributed by atoms with van der Waals surface area (Å²) < 4.78 is 68.8. The molecule has 0 aliphatic rings. The molecular formula is C84H160O17P2. The first-order valence-corrected chi connectivity index (χ1v) is 45.8. The van der Waals surface area contributed by atoms with Crippen molar-refractivity contribution in [1.29, 1.82) is 0 Å². The van der Waals surface area contributed by atoms with E-state index in [-0.39, 0.29) is 25.7 Å². The van der Waals surface area contributed by atoms with Gasteiger partial charge in [-0.2, -0.15) is 0 Å². The van der Waals surface area contributed by atoms with E-state index in [0.29, 0.717) is 25.7 Å². The Morgan fingerprint density at radius 2 is 0.524 bits per heavy atom. The van der Waals surface area contributed by atoms with Crippen LogP contribution in [0, 0.1) is 11.8 Å². The van der Waals surface area contributed by atoms with E-state index in [1.165, 1.54) is 218 Å². The smallest absolute Gasteiger partial charge is 0.462 e. The fourth-order valence-electron chi connectivity index (χ4n) is 12.5. The molecule has 0 amide bonds. The monoisotopic (exact) mass is 1500 g/mol. The number of rotatable bonds is 81. The minimum absolute atomic E-state index is 0.102. The number of phosphoric ester groups is 2. The lowest BCUT2D eigenvalue weighted by molar-refractivity contribution is -0.161. The summed E-state index contributed by atoms with van der Waals surface area (Å²) >= 11 is 0. The van der Waals surface area contributed by atoms with E-state index in [4.69, 9.17) is 37.0 Å². The summed E-state index contributed by atoms with van der Waals surface area (Å²) in [6.45, 7) is 9.63. The summed E-state index contributed by atoms with van der Waals surface area (Å²) in [7, 11) is -9.94. The van der Waals surface area contributed by atoms with Crippen molar-refractivity contribution in [1.82, 2.24) is 0 Å². The van der Waals surface area contributed by atoms with E-state index in [9.17, 15) is 43.2 Å². The first-order chi connectivity index (χ1) is 49.9. The number of aliphatic hydroxyl groups is 1. The van der Waals surface area contributed by atoms with Crippen molar-refractivity contribution in [2.75, 3.05) is 39.6 Å². The Kier molecular flexibility index (Phi) is 73.2. The molecule has 19 heteroatoms. The van der Waals surface area contributed by atoms with Crippen LogP contribution in [-0.4, -0.2) is 96.7 Å². The number of allylic oxidation sites excluding steroid dienone is 4. The molecule has 0 heterocycles. The predicted octanol–water partition coefficient (Wildman–Crippen LogP) is 25.0. The number of ether oxygens (including phenoxy) is 4. The van der Waals surface area contributed by atoms with Crippen LogP contribution in [0.25, 0.3) is 0 Å². The lowest BCUT2D eigenvalue weighted by atomic mass is 10.0. The van der Waals surface area contributed by atoms with Crippen molar-refractivity contribution in [2.24, 2.45) is 11.8 Å². The summed E-state index contributed by atoms with van der Waals surface area (Å²) in [5, 5.41) is 10.7. The molecule has 5 atom stereocenters. The van der Waals surface area contributed by atoms with Crippen molar-refractivity contribution in [3.05, 3.63) is 24.3 Å². The van der Waals surface area contributed by atoms with E-state index >= 15 is 0 Å². The maximum atomic E-state index is 13.1. The number of carbonyl (C=O) groups is 4. The van der Waals surface area contributed by atoms with Crippen LogP contribution in [-0.2, 0) is 65.4 Å². The molecule has 0 bridgehead atoms. The van der Waals surface area contributed by atoms with Gasteiger partial charge in [0.25, 0.3) is 0 Å². The average molecular weight is 1500 g/mol. The fraction of sp³-hybridized carbons (Fsp3) is 0.905. The quantitative estimate of drug-likeness (QED) is 0.0169. The number of carbonyl (C=O) groups excluding carboxylic acids is 4. The van der Waals surface area contributed by atoms with Gasteiger partial charge in [0.15, 0.2) is 12.2 Å². The fourth-order valence-corrected chi connectivity index (χ4v) is 14.1. The highest BCUT2D eigenvalue weighted by molar-refractivity contribution is 7.47. The van der Waals surface area contributed by atoms with E-state index < -0.39 is 97.5 Å². The number of phosphoric acid groups is 2. The van der Waals surface area contributed by atoms with Crippen molar-refractivity contribution in [2.45, 2.75) is 439 Å². The number of hydrogen-bond donors (Lipinski definition) is 3. The molecule has 0 saturated carbocycles. The van der Waals surface area contributed by atoms with Crippen LogP contribution in [0.5, 0.6) is 0 Å². The SMILES string of the molecule is CCCCCC/C=C\C=C/CCCCCCCC(=O)OC[C@H](COP(=O)(O)OC[C@@H](O)COP(=O)(O)OC[C@@H](COC(=O)CCCCCCCCCCCCCC)OC(=O)CCCCCCCCCCCCCCC(C)C)OC(=O)CCCCCCCCCCCCCCCCCCCCC(C)C. The van der Waals surface area contributed by atoms with Crippen molar-refractivity contribution < 1.29 is 80.2 Å². The predicted molar refractivity (Wildman–Crippen MR) is 423 cm³/mol. The Hall–Kier alpha value is -2.46. The molecule has 0 aromatic rings. The van der Waals surface area contributed by atoms with Gasteiger partial charge in [-0.25, -0.2) is 9.13 Å². The Labute approximate surface area is 631 Å². The first-order valence-electron chi connectivity index (χ1n) is 42.8. The third kappa shape index (κ3) is 77.5. The van der Waals surface area contributed by atoms with E-state index in [1.54, 1.807) is 0 Å². The van der Waals surface area contributed by atoms with Crippen LogP contribution < -0.4 is 0 Å². The van der Waals surface area contributed by atoms with Crippen LogP contribution in [0.3, 0.4) is 0 Å². The Balaban J connectivity index is 5.27. The third-order valence-electron chi connectivity index (χ3n) is 19.1. The molecule has 0 aliphatic heterocycles. The number of aliphatic hydroxyl groups excluding tert-OH is 1. The standard InChI is InChI=1S/C84H160O17P2/c1-7-9-11-13-15-17-19-21-26-30-37-43-49-55-61-67-82(87)95-73-80(100-83(88)68-62-56-50-44-38-31-28-25-23-22-24-27-29-34-40-46-52-58-64-76(3)4)75-99-103(92,93)97-71-78(85)70-96-102(90,91)98-74-79(72-94-81(86)66-60-54-48-42-36-20-18-16-14-12-10-8-2)101-84(89)69-63-57-51-45-39-33-32-35-41-47-53-59-65-77(5)6/h17,19,21,26,76-80,85H,7-16,18,20,22-25,27-75H2,1-6H3,(H,90,91)(H,92,93)/b19-17-,26-21-/t78-,79+,80+/m0/s1. The Morgan fingerprint density at radius 3 is 0.796 bits per heavy atom. The van der Waals surface area contributed by atoms with Crippen LogP contribution in [0.4, 0.5) is 0 Å². The summed E-state index contributed by atoms with van der Waals surface area (Å²) in [5.41, 5.74) is 0. The van der Waals surface area contributed by atoms with Crippen LogP contribution in [0.15, 0.2) is 24.3 Å². The van der Waals surface area contributed by atoms with Gasteiger partial charge in [0, 0.05) is 25.7 Å². The van der Waals surface area contributed by atoms with Crippen LogP contribution in [0.2, 0.25) is 0 Å². The third-order valence-corrected chi connectivity index (χ3v) is 21.0. The van der Waals surface area contributed by atoms with Crippen LogP contribution in [0.1, 0.15) is 420 Å². The van der Waals surface area contributed by atoms with Crippen LogP contribution >= 0.6 is 15.6 Å². The topological polar surface area (TPSA) is 237 Å². The highest BCUT2D eigenvalue weighted by Gasteiger charge is 2.30. The first kappa shape index (κ1) is 101. The van der Waals surface area contributed by atoms with E-state index in [2.05, 4.69) is 65.8 Å². The molecule has 608 valence electrons.